The summed E-state index contributed by atoms with van der Waals surface area (Å²) < 4.78 is 10.7. The molecule has 18 heavy (non-hydrogen) atoms. The van der Waals surface area contributed by atoms with Crippen molar-refractivity contribution < 1.29 is 9.47 Å². The van der Waals surface area contributed by atoms with Gasteiger partial charge >= 0.3 is 0 Å². The lowest BCUT2D eigenvalue weighted by Gasteiger charge is -2.35. The van der Waals surface area contributed by atoms with Crippen molar-refractivity contribution in [1.82, 2.24) is 4.90 Å². The van der Waals surface area contributed by atoms with Gasteiger partial charge < -0.3 is 14.4 Å². The smallest absolute Gasteiger partial charge is 0.231 e. The predicted octanol–water partition coefficient (Wildman–Crippen LogP) is 1.90. The molecule has 2 heterocycles. The van der Waals surface area contributed by atoms with E-state index in [9.17, 15) is 5.26 Å². The molecule has 94 valence electrons. The van der Waals surface area contributed by atoms with Crippen LogP contribution in [0.15, 0.2) is 18.2 Å². The Morgan fingerprint density at radius 2 is 1.94 bits per heavy atom. The van der Waals surface area contributed by atoms with Gasteiger partial charge in [-0.3, -0.25) is 0 Å². The largest absolute Gasteiger partial charge is 0.454 e. The van der Waals surface area contributed by atoms with Gasteiger partial charge in [0.25, 0.3) is 0 Å². The highest BCUT2D eigenvalue weighted by atomic mass is 16.7. The minimum absolute atomic E-state index is 0.279. The monoisotopic (exact) mass is 244 g/mol. The predicted molar refractivity (Wildman–Crippen MR) is 66.6 cm³/mol. The number of fused-ring (bicyclic) bond motifs is 1. The number of nitrogens with zero attached hydrogens (tertiary/aromatic N) is 2. The first-order chi connectivity index (χ1) is 8.73. The molecule has 0 saturated carbocycles. The Kier molecular flexibility index (Phi) is 2.64. The van der Waals surface area contributed by atoms with Gasteiger partial charge in [-0.2, -0.15) is 5.26 Å². The molecule has 1 saturated heterocycles. The lowest BCUT2D eigenvalue weighted by molar-refractivity contribution is 0.173. The molecule has 4 heteroatoms. The Morgan fingerprint density at radius 3 is 2.67 bits per heavy atom. The number of benzene rings is 1. The molecule has 1 fully saturated rings. The molecule has 2 aliphatic heterocycles. The van der Waals surface area contributed by atoms with Crippen molar-refractivity contribution in [2.24, 2.45) is 0 Å². The fraction of sp³-hybridized carbons (Fsp3) is 0.500. The van der Waals surface area contributed by atoms with Gasteiger partial charge in [0.2, 0.25) is 6.79 Å². The Hall–Kier alpha value is -1.73. The summed E-state index contributed by atoms with van der Waals surface area (Å²) in [5.74, 6) is 1.54. The molecule has 4 nitrogen and oxygen atoms in total. The first-order valence-electron chi connectivity index (χ1n) is 6.23. The molecule has 3 rings (SSSR count). The van der Waals surface area contributed by atoms with E-state index >= 15 is 0 Å². The molecule has 0 N–H and O–H groups in total. The zero-order valence-corrected chi connectivity index (χ0v) is 10.5. The molecule has 0 aliphatic carbocycles. The van der Waals surface area contributed by atoms with E-state index in [0.717, 1.165) is 43.0 Å². The third kappa shape index (κ3) is 1.72. The van der Waals surface area contributed by atoms with Crippen LogP contribution in [0.5, 0.6) is 11.5 Å². The number of piperidine rings is 1. The fourth-order valence-electron chi connectivity index (χ4n) is 2.66. The molecule has 0 radical (unpaired) electrons. The Morgan fingerprint density at radius 1 is 1.22 bits per heavy atom. The second-order valence-electron chi connectivity index (χ2n) is 5.07. The van der Waals surface area contributed by atoms with Crippen LogP contribution in [0.4, 0.5) is 0 Å². The van der Waals surface area contributed by atoms with E-state index in [2.05, 4.69) is 18.0 Å². The zero-order chi connectivity index (χ0) is 12.6. The van der Waals surface area contributed by atoms with Crippen LogP contribution in [-0.2, 0) is 5.41 Å². The summed E-state index contributed by atoms with van der Waals surface area (Å²) in [5.41, 5.74) is 0.690. The molecule has 0 aromatic heterocycles. The summed E-state index contributed by atoms with van der Waals surface area (Å²) in [4.78, 5) is 2.27. The maximum atomic E-state index is 9.59. The van der Waals surface area contributed by atoms with Crippen LogP contribution in [0.25, 0.3) is 0 Å². The molecule has 1 aromatic carbocycles. The SMILES string of the molecule is CN1CCC(C#N)(c2ccc3c(c2)OCO3)CC1. The van der Waals surface area contributed by atoms with Crippen LogP contribution in [0.1, 0.15) is 18.4 Å². The minimum atomic E-state index is -0.368. The van der Waals surface area contributed by atoms with Gasteiger partial charge in [0.1, 0.15) is 0 Å². The first kappa shape index (κ1) is 11.4. The molecule has 0 bridgehead atoms. The second kappa shape index (κ2) is 4.18. The van der Waals surface area contributed by atoms with E-state index in [0.29, 0.717) is 0 Å². The first-order valence-corrected chi connectivity index (χ1v) is 6.23. The average molecular weight is 244 g/mol. The molecule has 0 unspecified atom stereocenters. The van der Waals surface area contributed by atoms with Crippen LogP contribution < -0.4 is 9.47 Å². The Bertz CT molecular complexity index is 499. The normalized spacial score (nSPS) is 21.6. The second-order valence-corrected chi connectivity index (χ2v) is 5.07. The van der Waals surface area contributed by atoms with Gasteiger partial charge in [0.15, 0.2) is 11.5 Å². The Labute approximate surface area is 107 Å². The maximum absolute atomic E-state index is 9.59. The Balaban J connectivity index is 1.95. The molecule has 0 amide bonds. The van der Waals surface area contributed by atoms with Gasteiger partial charge in [-0.05, 0) is 50.7 Å². The number of likely N-dealkylation sites (tertiary alicyclic amines) is 1. The van der Waals surface area contributed by atoms with Crippen molar-refractivity contribution in [1.29, 1.82) is 5.26 Å². The van der Waals surface area contributed by atoms with Crippen LogP contribution in [-0.4, -0.2) is 31.8 Å². The summed E-state index contributed by atoms with van der Waals surface area (Å²) in [5, 5.41) is 9.59. The average Bonchev–Trinajstić information content (AvgIpc) is 2.87. The van der Waals surface area contributed by atoms with Crippen molar-refractivity contribution >= 4 is 0 Å². The van der Waals surface area contributed by atoms with Crippen molar-refractivity contribution in [3.8, 4) is 17.6 Å². The third-order valence-corrected chi connectivity index (χ3v) is 3.98. The lowest BCUT2D eigenvalue weighted by Crippen LogP contribution is -2.39. The van der Waals surface area contributed by atoms with Gasteiger partial charge in [0, 0.05) is 0 Å². The highest BCUT2D eigenvalue weighted by molar-refractivity contribution is 5.48. The van der Waals surface area contributed by atoms with Crippen LogP contribution in [0.2, 0.25) is 0 Å². The zero-order valence-electron chi connectivity index (χ0n) is 10.5. The lowest BCUT2D eigenvalue weighted by atomic mass is 9.74. The highest BCUT2D eigenvalue weighted by Gasteiger charge is 2.36. The van der Waals surface area contributed by atoms with Crippen molar-refractivity contribution in [3.63, 3.8) is 0 Å². The third-order valence-electron chi connectivity index (χ3n) is 3.98. The summed E-state index contributed by atoms with van der Waals surface area (Å²) in [7, 11) is 2.10. The molecule has 0 spiro atoms. The summed E-state index contributed by atoms with van der Waals surface area (Å²) in [6.45, 7) is 2.20. The number of hydrogen-bond donors (Lipinski definition) is 0. The van der Waals surface area contributed by atoms with Gasteiger partial charge in [-0.1, -0.05) is 6.07 Å². The molecule has 2 aliphatic rings. The maximum Gasteiger partial charge on any atom is 0.231 e. The van der Waals surface area contributed by atoms with Gasteiger partial charge in [-0.25, -0.2) is 0 Å². The standard InChI is InChI=1S/C14H16N2O2/c1-16-6-4-14(9-15,5-7-16)11-2-3-12-13(8-11)18-10-17-12/h2-3,8H,4-7,10H2,1H3. The summed E-state index contributed by atoms with van der Waals surface area (Å²) >= 11 is 0. The van der Waals surface area contributed by atoms with E-state index in [4.69, 9.17) is 9.47 Å². The summed E-state index contributed by atoms with van der Waals surface area (Å²) in [6, 6.07) is 8.41. The van der Waals surface area contributed by atoms with Gasteiger partial charge in [0.05, 0.1) is 11.5 Å². The fourth-order valence-corrected chi connectivity index (χ4v) is 2.66. The molecule has 1 aromatic rings. The van der Waals surface area contributed by atoms with Crippen molar-refractivity contribution in [2.75, 3.05) is 26.9 Å². The van der Waals surface area contributed by atoms with E-state index in [1.54, 1.807) is 0 Å². The minimum Gasteiger partial charge on any atom is -0.454 e. The number of rotatable bonds is 1. The van der Waals surface area contributed by atoms with Crippen molar-refractivity contribution in [2.45, 2.75) is 18.3 Å². The van der Waals surface area contributed by atoms with E-state index < -0.39 is 0 Å². The quantitative estimate of drug-likeness (QED) is 0.757. The number of ether oxygens (including phenoxy) is 2. The van der Waals surface area contributed by atoms with Gasteiger partial charge in [-0.15, -0.1) is 0 Å². The van der Waals surface area contributed by atoms with Crippen LogP contribution >= 0.6 is 0 Å². The molecule has 0 atom stereocenters. The van der Waals surface area contributed by atoms with E-state index in [1.807, 2.05) is 18.2 Å². The van der Waals surface area contributed by atoms with E-state index in [-0.39, 0.29) is 12.2 Å². The summed E-state index contributed by atoms with van der Waals surface area (Å²) in [6.07, 6.45) is 1.75. The van der Waals surface area contributed by atoms with Crippen molar-refractivity contribution in [3.05, 3.63) is 23.8 Å². The highest BCUT2D eigenvalue weighted by Crippen LogP contribution is 2.40. The molecular weight excluding hydrogens is 228 g/mol. The molecular formula is C14H16N2O2. The topological polar surface area (TPSA) is 45.5 Å². The van der Waals surface area contributed by atoms with E-state index in [1.165, 1.54) is 0 Å². The van der Waals surface area contributed by atoms with Crippen LogP contribution in [0, 0.1) is 11.3 Å². The van der Waals surface area contributed by atoms with Crippen LogP contribution in [0.3, 0.4) is 0 Å². The number of nitriles is 1. The number of hydrogen-bond acceptors (Lipinski definition) is 4.